The van der Waals surface area contributed by atoms with Crippen molar-refractivity contribution in [3.63, 3.8) is 0 Å². The summed E-state index contributed by atoms with van der Waals surface area (Å²) >= 11 is 0. The predicted octanol–water partition coefficient (Wildman–Crippen LogP) is 9.83. The van der Waals surface area contributed by atoms with Gasteiger partial charge in [0.1, 0.15) is 0 Å². The highest BCUT2D eigenvalue weighted by atomic mass is 19.4. The fourth-order valence-electron chi connectivity index (χ4n) is 2.43. The smallest absolute Gasteiger partial charge is 0.200 e. The molecule has 0 fully saturated rings. The average Bonchev–Trinajstić information content (AvgIpc) is 2.75. The summed E-state index contributed by atoms with van der Waals surface area (Å²) in [5.41, 5.74) is 0. The molecule has 29 heteroatoms. The monoisotopic (exact) mass is 734 g/mol. The largest absolute Gasteiger partial charge is 0.460 e. The van der Waals surface area contributed by atoms with Crippen molar-refractivity contribution in [2.24, 2.45) is 0 Å². The lowest BCUT2D eigenvalue weighted by molar-refractivity contribution is -0.487. The fourth-order valence-corrected chi connectivity index (χ4v) is 2.43. The molecular formula is C15H3F29. The topological polar surface area (TPSA) is 0 Å². The van der Waals surface area contributed by atoms with E-state index in [1.54, 1.807) is 0 Å². The van der Waals surface area contributed by atoms with Gasteiger partial charge in [0, 0.05) is 6.92 Å². The van der Waals surface area contributed by atoms with E-state index in [1.165, 1.54) is 0 Å². The molecule has 0 unspecified atom stereocenters. The molecule has 0 aromatic carbocycles. The number of hydrogen-bond acceptors (Lipinski definition) is 0. The summed E-state index contributed by atoms with van der Waals surface area (Å²) in [7, 11) is 0. The average molecular weight is 734 g/mol. The van der Waals surface area contributed by atoms with Crippen molar-refractivity contribution < 1.29 is 127 Å². The number of halogens is 29. The summed E-state index contributed by atoms with van der Waals surface area (Å²) in [6, 6.07) is 0. The van der Waals surface area contributed by atoms with Crippen LogP contribution in [0.1, 0.15) is 6.92 Å². The second-order valence-corrected chi connectivity index (χ2v) is 8.28. The van der Waals surface area contributed by atoms with E-state index in [1.807, 2.05) is 0 Å². The Balaban J connectivity index is 7.52. The SMILES string of the molecule is CC(F)(F)C(F)(F)C(F)(F)C(F)(F)C(F)(F)C(F)(F)C(F)(F)C(F)(F)C(F)(F)C(F)(F)C(F)(F)C(F)(F)C(F)(F)C(F)(F)F. The van der Waals surface area contributed by atoms with Crippen LogP contribution in [-0.4, -0.2) is 83.2 Å². The standard InChI is InChI=1S/C15H3F29/c1-2(16,17)3(18,19)4(20,21)5(22,23)6(24,25)7(26,27)8(28,29)9(30,31)10(32,33)11(34,35)12(36,37)13(38,39)14(40,41)15(42,43)44/h1H3. The molecule has 0 spiro atoms. The molecule has 0 bridgehead atoms. The molecule has 0 aliphatic carbocycles. The van der Waals surface area contributed by atoms with E-state index in [2.05, 4.69) is 0 Å². The van der Waals surface area contributed by atoms with Gasteiger partial charge in [0.25, 0.3) is 0 Å². The van der Waals surface area contributed by atoms with Crippen LogP contribution in [0, 0.1) is 0 Å². The van der Waals surface area contributed by atoms with Gasteiger partial charge in [-0.2, -0.15) is 127 Å². The van der Waals surface area contributed by atoms with Crippen molar-refractivity contribution in [1.29, 1.82) is 0 Å². The molecule has 0 amide bonds. The summed E-state index contributed by atoms with van der Waals surface area (Å²) < 4.78 is 381. The van der Waals surface area contributed by atoms with Crippen LogP contribution in [0.25, 0.3) is 0 Å². The number of rotatable bonds is 12. The summed E-state index contributed by atoms with van der Waals surface area (Å²) in [5.74, 6) is -119. The molecular weight excluding hydrogens is 731 g/mol. The van der Waals surface area contributed by atoms with Crippen LogP contribution < -0.4 is 0 Å². The first-order valence-corrected chi connectivity index (χ1v) is 9.23. The van der Waals surface area contributed by atoms with Crippen molar-refractivity contribution >= 4 is 0 Å². The Labute approximate surface area is 219 Å². The summed E-state index contributed by atoms with van der Waals surface area (Å²) in [5, 5.41) is 0. The van der Waals surface area contributed by atoms with E-state index in [0.717, 1.165) is 0 Å². The molecule has 0 aliphatic heterocycles. The maximum atomic E-state index is 13.6. The number of alkyl halides is 29. The normalized spacial score (nSPS) is 17.3. The Hall–Kier alpha value is -2.03. The molecule has 0 radical (unpaired) electrons. The zero-order chi connectivity index (χ0) is 37.0. The molecule has 0 heterocycles. The zero-order valence-electron chi connectivity index (χ0n) is 19.0. The summed E-state index contributed by atoms with van der Waals surface area (Å²) in [6.07, 6.45) is -8.28. The molecule has 0 aliphatic rings. The Morgan fingerprint density at radius 1 is 0.182 bits per heavy atom. The molecule has 0 atom stereocenters. The van der Waals surface area contributed by atoms with Gasteiger partial charge in [0.2, 0.25) is 0 Å². The lowest BCUT2D eigenvalue weighted by atomic mass is 9.83. The molecule has 44 heavy (non-hydrogen) atoms. The maximum Gasteiger partial charge on any atom is 0.460 e. The van der Waals surface area contributed by atoms with Gasteiger partial charge in [-0.3, -0.25) is 0 Å². The molecule has 0 nitrogen and oxygen atoms in total. The third kappa shape index (κ3) is 4.59. The van der Waals surface area contributed by atoms with Crippen molar-refractivity contribution in [1.82, 2.24) is 0 Å². The van der Waals surface area contributed by atoms with Crippen LogP contribution in [-0.2, 0) is 0 Å². The van der Waals surface area contributed by atoms with Crippen LogP contribution in [0.15, 0.2) is 0 Å². The first-order chi connectivity index (χ1) is 18.2. The van der Waals surface area contributed by atoms with E-state index in [4.69, 9.17) is 0 Å². The Morgan fingerprint density at radius 2 is 0.295 bits per heavy atom. The van der Waals surface area contributed by atoms with E-state index in [-0.39, 0.29) is 0 Å². The van der Waals surface area contributed by atoms with Gasteiger partial charge >= 0.3 is 83.2 Å². The lowest BCUT2D eigenvalue weighted by Gasteiger charge is -2.46. The third-order valence-electron chi connectivity index (χ3n) is 5.25. The predicted molar refractivity (Wildman–Crippen MR) is 76.0 cm³/mol. The second kappa shape index (κ2) is 9.74. The Morgan fingerprint density at radius 3 is 0.409 bits per heavy atom. The molecule has 0 aromatic heterocycles. The van der Waals surface area contributed by atoms with Gasteiger partial charge < -0.3 is 0 Å². The van der Waals surface area contributed by atoms with Crippen molar-refractivity contribution in [3.8, 4) is 0 Å². The van der Waals surface area contributed by atoms with Crippen LogP contribution in [0.5, 0.6) is 0 Å². The Kier molecular flexibility index (Phi) is 9.29. The number of hydrogen-bond donors (Lipinski definition) is 0. The van der Waals surface area contributed by atoms with Gasteiger partial charge in [-0.25, -0.2) is 0 Å². The first-order valence-electron chi connectivity index (χ1n) is 9.23. The minimum absolute atomic E-state index is 1.60. The quantitative estimate of drug-likeness (QED) is 0.175. The Bertz CT molecular complexity index is 964. The van der Waals surface area contributed by atoms with Crippen LogP contribution in [0.3, 0.4) is 0 Å². The highest BCUT2D eigenvalue weighted by molar-refractivity contribution is 5.20. The van der Waals surface area contributed by atoms with Gasteiger partial charge in [0.05, 0.1) is 0 Å². The van der Waals surface area contributed by atoms with Gasteiger partial charge in [-0.05, 0) is 0 Å². The van der Waals surface area contributed by atoms with Crippen LogP contribution >= 0.6 is 0 Å². The van der Waals surface area contributed by atoms with Crippen LogP contribution in [0.2, 0.25) is 0 Å². The summed E-state index contributed by atoms with van der Waals surface area (Å²) in [4.78, 5) is 0. The molecule has 266 valence electrons. The highest BCUT2D eigenvalue weighted by Crippen LogP contribution is 2.68. The highest BCUT2D eigenvalue weighted by Gasteiger charge is 3.00. The maximum absolute atomic E-state index is 13.6. The molecule has 0 saturated heterocycles. The van der Waals surface area contributed by atoms with Crippen LogP contribution in [0.4, 0.5) is 127 Å². The third-order valence-corrected chi connectivity index (χ3v) is 5.25. The van der Waals surface area contributed by atoms with E-state index in [9.17, 15) is 127 Å². The fraction of sp³-hybridized carbons (Fsp3) is 1.00. The van der Waals surface area contributed by atoms with Gasteiger partial charge in [-0.1, -0.05) is 0 Å². The summed E-state index contributed by atoms with van der Waals surface area (Å²) in [6.45, 7) is -1.60. The molecule has 0 aromatic rings. The first kappa shape index (κ1) is 42.0. The van der Waals surface area contributed by atoms with Crippen molar-refractivity contribution in [3.05, 3.63) is 0 Å². The van der Waals surface area contributed by atoms with E-state index in [0.29, 0.717) is 0 Å². The minimum Gasteiger partial charge on any atom is -0.200 e. The molecule has 0 rings (SSSR count). The second-order valence-electron chi connectivity index (χ2n) is 8.28. The minimum atomic E-state index is -9.90. The van der Waals surface area contributed by atoms with Crippen molar-refractivity contribution in [2.75, 3.05) is 0 Å². The zero-order valence-corrected chi connectivity index (χ0v) is 19.0. The van der Waals surface area contributed by atoms with Crippen molar-refractivity contribution in [2.45, 2.75) is 90.1 Å². The molecule has 0 N–H and O–H groups in total. The molecule has 0 saturated carbocycles. The van der Waals surface area contributed by atoms with E-state index < -0.39 is 90.1 Å². The van der Waals surface area contributed by atoms with Gasteiger partial charge in [0.15, 0.2) is 0 Å². The van der Waals surface area contributed by atoms with E-state index >= 15 is 0 Å². The lowest BCUT2D eigenvalue weighted by Crippen LogP contribution is -2.79. The van der Waals surface area contributed by atoms with Gasteiger partial charge in [-0.15, -0.1) is 0 Å².